The number of hydrogen-bond donors (Lipinski definition) is 1. The van der Waals surface area contributed by atoms with Gasteiger partial charge in [-0.1, -0.05) is 56.3 Å². The Hall–Kier alpha value is -1.47. The third-order valence-electron chi connectivity index (χ3n) is 7.55. The summed E-state index contributed by atoms with van der Waals surface area (Å²) in [6, 6.07) is 2.74. The molecule has 2 atom stereocenters. The second kappa shape index (κ2) is 14.6. The predicted octanol–water partition coefficient (Wildman–Crippen LogP) is 6.24. The molecule has 0 radical (unpaired) electrons. The highest BCUT2D eigenvalue weighted by Gasteiger charge is 2.22. The fourth-order valence-electron chi connectivity index (χ4n) is 5.25. The average Bonchev–Trinajstić information content (AvgIpc) is 2.85. The average molecular weight is 437 g/mol. The zero-order valence-corrected chi connectivity index (χ0v) is 20.3. The van der Waals surface area contributed by atoms with Gasteiger partial charge in [0.05, 0.1) is 18.2 Å². The molecule has 1 saturated heterocycles. The monoisotopic (exact) mass is 436 g/mol. The van der Waals surface area contributed by atoms with Crippen molar-refractivity contribution in [3.8, 4) is 29.8 Å². The van der Waals surface area contributed by atoms with Crippen LogP contribution in [0.2, 0.25) is 0 Å². The first-order chi connectivity index (χ1) is 15.8. The van der Waals surface area contributed by atoms with E-state index in [1.807, 2.05) is 0 Å². The minimum atomic E-state index is 0.267. The van der Waals surface area contributed by atoms with E-state index in [4.69, 9.17) is 10.00 Å². The van der Waals surface area contributed by atoms with Crippen LogP contribution in [0.15, 0.2) is 0 Å². The molecular weight excluding hydrogens is 392 g/mol. The summed E-state index contributed by atoms with van der Waals surface area (Å²) in [5.41, 5.74) is 0. The van der Waals surface area contributed by atoms with Crippen LogP contribution in [0.3, 0.4) is 0 Å². The van der Waals surface area contributed by atoms with Crippen molar-refractivity contribution >= 4 is 0 Å². The van der Waals surface area contributed by atoms with Gasteiger partial charge in [-0.05, 0) is 70.6 Å². The number of nitriles is 1. The van der Waals surface area contributed by atoms with Gasteiger partial charge in [-0.3, -0.25) is 0 Å². The molecule has 1 heterocycles. The van der Waals surface area contributed by atoms with Crippen molar-refractivity contribution in [3.05, 3.63) is 0 Å². The molecule has 0 spiro atoms. The zero-order valence-electron chi connectivity index (χ0n) is 20.3. The molecule has 2 saturated carbocycles. The van der Waals surface area contributed by atoms with Crippen LogP contribution in [-0.2, 0) is 4.74 Å². The van der Waals surface area contributed by atoms with Gasteiger partial charge in [0, 0.05) is 36.8 Å². The number of ether oxygens (including phenoxy) is 1. The largest absolute Gasteiger partial charge is 0.378 e. The van der Waals surface area contributed by atoms with E-state index in [9.17, 15) is 0 Å². The van der Waals surface area contributed by atoms with Gasteiger partial charge >= 0.3 is 0 Å². The fraction of sp³-hybridized carbons (Fsp3) is 0.828. The van der Waals surface area contributed by atoms with Gasteiger partial charge in [0.25, 0.3) is 0 Å². The Morgan fingerprint density at radius 1 is 0.688 bits per heavy atom. The van der Waals surface area contributed by atoms with Gasteiger partial charge in [0.15, 0.2) is 0 Å². The lowest BCUT2D eigenvalue weighted by Gasteiger charge is -2.27. The third-order valence-corrected chi connectivity index (χ3v) is 7.55. The minimum Gasteiger partial charge on any atom is -0.378 e. The molecule has 3 aliphatic rings. The molecule has 1 aliphatic heterocycles. The molecule has 3 fully saturated rings. The van der Waals surface area contributed by atoms with Crippen LogP contribution >= 0.6 is 0 Å². The smallest absolute Gasteiger partial charge is 0.0690 e. The summed E-state index contributed by atoms with van der Waals surface area (Å²) < 4.78 is 6.11. The normalized spacial score (nSPS) is 32.6. The molecule has 3 nitrogen and oxygen atoms in total. The van der Waals surface area contributed by atoms with Gasteiger partial charge in [-0.15, -0.1) is 0 Å². The standard InChI is InChI=1S/C29H44N2O/c1-2-3-4-5-6-21-32-29-19-15-25(16-20-29)9-12-27-14-18-28(31-23-27)17-13-24-7-10-26(22-30)11-8-24/h24-29,31H,2-8,10-11,14-16,18-21,23H2,1H3. The first-order valence-corrected chi connectivity index (χ1v) is 13.5. The molecule has 2 unspecified atom stereocenters. The first kappa shape index (κ1) is 25.2. The number of unbranched alkanes of at least 4 members (excludes halogenated alkanes) is 4. The number of rotatable bonds is 7. The molecular formula is C29H44N2O. The van der Waals surface area contributed by atoms with Crippen LogP contribution in [0.25, 0.3) is 0 Å². The van der Waals surface area contributed by atoms with E-state index in [1.54, 1.807) is 0 Å². The summed E-state index contributed by atoms with van der Waals surface area (Å²) in [5.74, 6) is 16.0. The quantitative estimate of drug-likeness (QED) is 0.380. The number of nitrogens with zero attached hydrogens (tertiary/aromatic N) is 1. The van der Waals surface area contributed by atoms with Crippen molar-refractivity contribution in [3.63, 3.8) is 0 Å². The van der Waals surface area contributed by atoms with E-state index in [-0.39, 0.29) is 5.92 Å². The van der Waals surface area contributed by atoms with Crippen molar-refractivity contribution in [2.45, 2.75) is 115 Å². The second-order valence-electron chi connectivity index (χ2n) is 10.2. The highest BCUT2D eigenvalue weighted by atomic mass is 16.5. The fourth-order valence-corrected chi connectivity index (χ4v) is 5.25. The Bertz CT molecular complexity index is 679. The minimum absolute atomic E-state index is 0.267. The number of hydrogen-bond acceptors (Lipinski definition) is 3. The Labute approximate surface area is 197 Å². The molecule has 176 valence electrons. The molecule has 0 aromatic rings. The summed E-state index contributed by atoms with van der Waals surface area (Å²) in [5, 5.41) is 12.6. The van der Waals surface area contributed by atoms with Crippen LogP contribution in [0.4, 0.5) is 0 Å². The molecule has 1 N–H and O–H groups in total. The van der Waals surface area contributed by atoms with E-state index >= 15 is 0 Å². The highest BCUT2D eigenvalue weighted by molar-refractivity contribution is 5.15. The summed E-state index contributed by atoms with van der Waals surface area (Å²) in [4.78, 5) is 0. The molecule has 0 aromatic carbocycles. The molecule has 3 rings (SSSR count). The molecule has 2 aliphatic carbocycles. The van der Waals surface area contributed by atoms with Crippen LogP contribution in [0, 0.1) is 58.7 Å². The molecule has 0 amide bonds. The maximum absolute atomic E-state index is 9.02. The van der Waals surface area contributed by atoms with E-state index in [2.05, 4.69) is 42.0 Å². The lowest BCUT2D eigenvalue weighted by atomic mass is 9.83. The van der Waals surface area contributed by atoms with E-state index in [1.165, 1.54) is 57.8 Å². The van der Waals surface area contributed by atoms with Crippen molar-refractivity contribution in [2.75, 3.05) is 13.2 Å². The number of piperidine rings is 1. The predicted molar refractivity (Wildman–Crippen MR) is 132 cm³/mol. The van der Waals surface area contributed by atoms with Crippen LogP contribution in [0.5, 0.6) is 0 Å². The Morgan fingerprint density at radius 2 is 1.28 bits per heavy atom. The Morgan fingerprint density at radius 3 is 1.94 bits per heavy atom. The summed E-state index contributed by atoms with van der Waals surface area (Å²) >= 11 is 0. The van der Waals surface area contributed by atoms with Gasteiger partial charge in [-0.25, -0.2) is 0 Å². The topological polar surface area (TPSA) is 45.0 Å². The molecule has 3 heteroatoms. The summed E-state index contributed by atoms with van der Waals surface area (Å²) in [6.45, 7) is 4.19. The van der Waals surface area contributed by atoms with E-state index in [0.29, 0.717) is 29.9 Å². The second-order valence-corrected chi connectivity index (χ2v) is 10.2. The van der Waals surface area contributed by atoms with Crippen molar-refractivity contribution in [2.24, 2.45) is 23.7 Å². The van der Waals surface area contributed by atoms with Gasteiger partial charge in [-0.2, -0.15) is 5.26 Å². The summed E-state index contributed by atoms with van der Waals surface area (Å²) in [7, 11) is 0. The van der Waals surface area contributed by atoms with Crippen molar-refractivity contribution < 1.29 is 4.74 Å². The summed E-state index contributed by atoms with van der Waals surface area (Å²) in [6.07, 6.45) is 18.3. The zero-order chi connectivity index (χ0) is 22.4. The maximum atomic E-state index is 9.02. The molecule has 0 bridgehead atoms. The lowest BCUT2D eigenvalue weighted by molar-refractivity contribution is 0.0209. The molecule has 0 aromatic heterocycles. The van der Waals surface area contributed by atoms with E-state index < -0.39 is 0 Å². The van der Waals surface area contributed by atoms with Crippen LogP contribution < -0.4 is 5.32 Å². The van der Waals surface area contributed by atoms with Crippen molar-refractivity contribution in [1.82, 2.24) is 5.32 Å². The van der Waals surface area contributed by atoms with Gasteiger partial charge < -0.3 is 10.1 Å². The third kappa shape index (κ3) is 9.18. The maximum Gasteiger partial charge on any atom is 0.0690 e. The van der Waals surface area contributed by atoms with Crippen molar-refractivity contribution in [1.29, 1.82) is 5.26 Å². The number of nitrogens with one attached hydrogen (secondary N) is 1. The van der Waals surface area contributed by atoms with Gasteiger partial charge in [0.1, 0.15) is 0 Å². The van der Waals surface area contributed by atoms with Crippen LogP contribution in [-0.4, -0.2) is 25.3 Å². The highest BCUT2D eigenvalue weighted by Crippen LogP contribution is 2.28. The van der Waals surface area contributed by atoms with Gasteiger partial charge in [0.2, 0.25) is 0 Å². The molecule has 32 heavy (non-hydrogen) atoms. The lowest BCUT2D eigenvalue weighted by Crippen LogP contribution is -2.37. The first-order valence-electron chi connectivity index (χ1n) is 13.5. The Kier molecular flexibility index (Phi) is 11.5. The Balaban J connectivity index is 1.26. The van der Waals surface area contributed by atoms with E-state index in [0.717, 1.165) is 51.7 Å². The SMILES string of the molecule is CCCCCCCOC1CCC(C#CC2CCC(C#CC3CCC(C#N)CC3)NC2)CC1. The van der Waals surface area contributed by atoms with Crippen LogP contribution in [0.1, 0.15) is 103 Å².